The highest BCUT2D eigenvalue weighted by Crippen LogP contribution is 2.38. The quantitative estimate of drug-likeness (QED) is 0.235. The van der Waals surface area contributed by atoms with Crippen LogP contribution >= 0.6 is 39.1 Å². The third kappa shape index (κ3) is 5.58. The fraction of sp³-hybridized carbons (Fsp3) is 0.120. The minimum Gasteiger partial charge on any atom is -0.490 e. The maximum atomic E-state index is 12.4. The van der Waals surface area contributed by atoms with Gasteiger partial charge in [0.25, 0.3) is 0 Å². The van der Waals surface area contributed by atoms with Crippen LogP contribution in [0.2, 0.25) is 10.0 Å². The molecule has 3 aromatic rings. The van der Waals surface area contributed by atoms with Crippen molar-refractivity contribution in [2.24, 2.45) is 4.99 Å². The maximum absolute atomic E-state index is 12.4. The number of halogens is 3. The Morgan fingerprint density at radius 2 is 1.85 bits per heavy atom. The molecule has 0 N–H and O–H groups in total. The number of ether oxygens (including phenoxy) is 3. The molecule has 4 rings (SSSR count). The summed E-state index contributed by atoms with van der Waals surface area (Å²) >= 11 is 15.7. The second-order valence-corrected chi connectivity index (χ2v) is 8.70. The Morgan fingerprint density at radius 3 is 2.58 bits per heavy atom. The number of aliphatic imine (C=N–C) groups is 1. The summed E-state index contributed by atoms with van der Waals surface area (Å²) in [6.07, 6.45) is 1.62. The summed E-state index contributed by atoms with van der Waals surface area (Å²) in [6.45, 7) is 2.73. The molecular weight excluding hydrogens is 529 g/mol. The van der Waals surface area contributed by atoms with Gasteiger partial charge in [0, 0.05) is 5.02 Å². The molecule has 1 aliphatic heterocycles. The number of hydrogen-bond acceptors (Lipinski definition) is 5. The fourth-order valence-electron chi connectivity index (χ4n) is 3.15. The number of carbonyl (C=O) groups is 1. The highest BCUT2D eigenvalue weighted by molar-refractivity contribution is 9.10. The molecule has 0 saturated carbocycles. The number of esters is 1. The van der Waals surface area contributed by atoms with Crippen molar-refractivity contribution in [2.75, 3.05) is 6.61 Å². The lowest BCUT2D eigenvalue weighted by Crippen LogP contribution is -2.06. The van der Waals surface area contributed by atoms with Crippen LogP contribution in [0.15, 0.2) is 75.8 Å². The normalized spacial score (nSPS) is 14.2. The maximum Gasteiger partial charge on any atom is 0.363 e. The van der Waals surface area contributed by atoms with Gasteiger partial charge in [0.15, 0.2) is 17.2 Å². The van der Waals surface area contributed by atoms with E-state index in [0.29, 0.717) is 50.4 Å². The van der Waals surface area contributed by atoms with E-state index in [4.69, 9.17) is 37.4 Å². The molecule has 5 nitrogen and oxygen atoms in total. The van der Waals surface area contributed by atoms with Crippen molar-refractivity contribution >= 4 is 57.1 Å². The van der Waals surface area contributed by atoms with Gasteiger partial charge in [-0.3, -0.25) is 0 Å². The smallest absolute Gasteiger partial charge is 0.363 e. The molecule has 0 aromatic heterocycles. The Kier molecular flexibility index (Phi) is 7.38. The predicted molar refractivity (Wildman–Crippen MR) is 133 cm³/mol. The first-order valence-corrected chi connectivity index (χ1v) is 11.6. The molecule has 168 valence electrons. The van der Waals surface area contributed by atoms with Gasteiger partial charge in [-0.15, -0.1) is 0 Å². The van der Waals surface area contributed by atoms with E-state index in [1.54, 1.807) is 30.3 Å². The van der Waals surface area contributed by atoms with Crippen molar-refractivity contribution in [3.8, 4) is 11.5 Å². The van der Waals surface area contributed by atoms with E-state index in [0.717, 1.165) is 5.56 Å². The third-order valence-corrected chi connectivity index (χ3v) is 5.78. The molecule has 0 aliphatic carbocycles. The first-order chi connectivity index (χ1) is 15.9. The van der Waals surface area contributed by atoms with Crippen LogP contribution in [0.5, 0.6) is 11.5 Å². The van der Waals surface area contributed by atoms with Crippen molar-refractivity contribution in [1.29, 1.82) is 0 Å². The second-order valence-electron chi connectivity index (χ2n) is 7.00. The number of carbonyl (C=O) groups excluding carboxylic acids is 1. The van der Waals surface area contributed by atoms with Crippen LogP contribution in [0.3, 0.4) is 0 Å². The van der Waals surface area contributed by atoms with Crippen LogP contribution in [0, 0.1) is 0 Å². The molecule has 1 aliphatic rings. The summed E-state index contributed by atoms with van der Waals surface area (Å²) in [7, 11) is 0. The van der Waals surface area contributed by atoms with Gasteiger partial charge in [0.1, 0.15) is 6.61 Å². The largest absolute Gasteiger partial charge is 0.490 e. The molecule has 3 aromatic carbocycles. The minimum atomic E-state index is -0.575. The molecule has 1 heterocycles. The van der Waals surface area contributed by atoms with Crippen molar-refractivity contribution < 1.29 is 19.0 Å². The SMILES string of the molecule is CCOc1cc(/C=C2\N=C(c3ccc(Cl)cc3Cl)OC2=O)cc(Br)c1OCc1ccccc1. The van der Waals surface area contributed by atoms with E-state index in [1.165, 1.54) is 0 Å². The fourth-order valence-corrected chi connectivity index (χ4v) is 4.21. The van der Waals surface area contributed by atoms with Gasteiger partial charge in [-0.1, -0.05) is 53.5 Å². The van der Waals surface area contributed by atoms with Crippen molar-refractivity contribution in [2.45, 2.75) is 13.5 Å². The first-order valence-electron chi connectivity index (χ1n) is 10.1. The van der Waals surface area contributed by atoms with E-state index in [2.05, 4.69) is 20.9 Å². The van der Waals surface area contributed by atoms with Gasteiger partial charge in [0.05, 0.1) is 21.7 Å². The lowest BCUT2D eigenvalue weighted by atomic mass is 10.1. The van der Waals surface area contributed by atoms with Crippen molar-refractivity contribution in [1.82, 2.24) is 0 Å². The molecule has 0 amide bonds. The van der Waals surface area contributed by atoms with Crippen molar-refractivity contribution in [3.05, 3.63) is 97.6 Å². The highest BCUT2D eigenvalue weighted by Gasteiger charge is 2.26. The molecule has 0 unspecified atom stereocenters. The van der Waals surface area contributed by atoms with E-state index >= 15 is 0 Å². The summed E-state index contributed by atoms with van der Waals surface area (Å²) < 4.78 is 17.8. The van der Waals surface area contributed by atoms with Gasteiger partial charge in [0.2, 0.25) is 5.90 Å². The van der Waals surface area contributed by atoms with Gasteiger partial charge in [-0.2, -0.15) is 0 Å². The average Bonchev–Trinajstić information content (AvgIpc) is 3.14. The minimum absolute atomic E-state index is 0.125. The topological polar surface area (TPSA) is 57.1 Å². The monoisotopic (exact) mass is 545 g/mol. The molecule has 0 saturated heterocycles. The third-order valence-electron chi connectivity index (χ3n) is 4.64. The van der Waals surface area contributed by atoms with Crippen LogP contribution in [0.4, 0.5) is 0 Å². The van der Waals surface area contributed by atoms with E-state index < -0.39 is 5.97 Å². The molecule has 0 bridgehead atoms. The Bertz CT molecular complexity index is 1260. The molecule has 0 atom stereocenters. The average molecular weight is 547 g/mol. The van der Waals surface area contributed by atoms with Gasteiger partial charge < -0.3 is 14.2 Å². The van der Waals surface area contributed by atoms with Crippen molar-refractivity contribution in [3.63, 3.8) is 0 Å². The van der Waals surface area contributed by atoms with Crippen LogP contribution in [0.1, 0.15) is 23.6 Å². The summed E-state index contributed by atoms with van der Waals surface area (Å²) in [5.74, 6) is 0.675. The Balaban J connectivity index is 1.63. The van der Waals surface area contributed by atoms with Crippen LogP contribution in [-0.2, 0) is 16.1 Å². The molecule has 0 radical (unpaired) electrons. The summed E-state index contributed by atoms with van der Waals surface area (Å²) in [5, 5.41) is 0.823. The lowest BCUT2D eigenvalue weighted by molar-refractivity contribution is -0.129. The molecule has 8 heteroatoms. The zero-order valence-electron chi connectivity index (χ0n) is 17.5. The predicted octanol–water partition coefficient (Wildman–Crippen LogP) is 7.08. The van der Waals surface area contributed by atoms with Gasteiger partial charge in [-0.25, -0.2) is 9.79 Å². The molecule has 33 heavy (non-hydrogen) atoms. The van der Waals surface area contributed by atoms with Crippen LogP contribution in [0.25, 0.3) is 6.08 Å². The number of nitrogens with zero attached hydrogens (tertiary/aromatic N) is 1. The van der Waals surface area contributed by atoms with E-state index in [9.17, 15) is 4.79 Å². The molecule has 0 fully saturated rings. The van der Waals surface area contributed by atoms with E-state index in [1.807, 2.05) is 43.3 Å². The Labute approximate surface area is 209 Å². The lowest BCUT2D eigenvalue weighted by Gasteiger charge is -2.15. The number of cyclic esters (lactones) is 1. The van der Waals surface area contributed by atoms with Gasteiger partial charge in [-0.05, 0) is 70.4 Å². The number of benzene rings is 3. The molecule has 0 spiro atoms. The summed E-state index contributed by atoms with van der Waals surface area (Å²) in [4.78, 5) is 16.7. The zero-order chi connectivity index (χ0) is 23.4. The van der Waals surface area contributed by atoms with E-state index in [-0.39, 0.29) is 11.6 Å². The zero-order valence-corrected chi connectivity index (χ0v) is 20.6. The highest BCUT2D eigenvalue weighted by atomic mass is 79.9. The summed E-state index contributed by atoms with van der Waals surface area (Å²) in [5.41, 5.74) is 2.35. The van der Waals surface area contributed by atoms with Gasteiger partial charge >= 0.3 is 5.97 Å². The Hall–Kier alpha value is -2.80. The van der Waals surface area contributed by atoms with Crippen LogP contribution in [-0.4, -0.2) is 18.5 Å². The Morgan fingerprint density at radius 1 is 1.06 bits per heavy atom. The summed E-state index contributed by atoms with van der Waals surface area (Å²) in [6, 6.07) is 18.3. The number of rotatable bonds is 7. The molecular formula is C25H18BrCl2NO4. The first kappa shape index (κ1) is 23.4. The second kappa shape index (κ2) is 10.4. The number of hydrogen-bond donors (Lipinski definition) is 0. The standard InChI is InChI=1S/C25H18BrCl2NO4/c1-2-31-22-12-16(10-19(26)23(22)32-14-15-6-4-3-5-7-15)11-21-25(30)33-24(29-21)18-9-8-17(27)13-20(18)28/h3-13H,2,14H2,1H3/b21-11-. The van der Waals surface area contributed by atoms with Crippen LogP contribution < -0.4 is 9.47 Å².